The van der Waals surface area contributed by atoms with Crippen molar-refractivity contribution < 1.29 is 14.3 Å². The maximum Gasteiger partial charge on any atom is 0.235 e. The highest BCUT2D eigenvalue weighted by molar-refractivity contribution is 6.02. The molecule has 4 heteroatoms. The Hall–Kier alpha value is -2.49. The molecule has 1 saturated carbocycles. The Morgan fingerprint density at radius 3 is 2.04 bits per heavy atom. The van der Waals surface area contributed by atoms with Gasteiger partial charge in [0.1, 0.15) is 0 Å². The highest BCUT2D eigenvalue weighted by Gasteiger charge is 2.51. The van der Waals surface area contributed by atoms with Crippen LogP contribution in [0.1, 0.15) is 50.3 Å². The van der Waals surface area contributed by atoms with Gasteiger partial charge >= 0.3 is 0 Å². The van der Waals surface area contributed by atoms with E-state index in [0.717, 1.165) is 29.7 Å². The molecule has 0 bridgehead atoms. The van der Waals surface area contributed by atoms with E-state index in [1.54, 1.807) is 14.2 Å². The monoisotopic (exact) mass is 367 g/mol. The molecule has 27 heavy (non-hydrogen) atoms. The molecule has 1 fully saturated rings. The highest BCUT2D eigenvalue weighted by Crippen LogP contribution is 2.49. The first-order valence-electron chi connectivity index (χ1n) is 9.36. The fourth-order valence-corrected chi connectivity index (χ4v) is 3.42. The zero-order chi connectivity index (χ0) is 19.8. The molecule has 0 unspecified atom stereocenters. The lowest BCUT2D eigenvalue weighted by molar-refractivity contribution is -0.118. The predicted octanol–water partition coefficient (Wildman–Crippen LogP) is 4.98. The van der Waals surface area contributed by atoms with Crippen LogP contribution in [0.5, 0.6) is 11.5 Å². The van der Waals surface area contributed by atoms with Gasteiger partial charge in [0.25, 0.3) is 0 Å². The summed E-state index contributed by atoms with van der Waals surface area (Å²) in [6, 6.07) is 12.2. The lowest BCUT2D eigenvalue weighted by Crippen LogP contribution is -2.28. The number of carbonyl (C=O) groups is 1. The second-order valence-electron chi connectivity index (χ2n) is 8.39. The lowest BCUT2D eigenvalue weighted by atomic mass is 9.85. The van der Waals surface area contributed by atoms with E-state index in [9.17, 15) is 4.79 Å². The summed E-state index contributed by atoms with van der Waals surface area (Å²) in [5.41, 5.74) is 3.75. The van der Waals surface area contributed by atoms with E-state index in [1.807, 2.05) is 19.1 Å². The lowest BCUT2D eigenvalue weighted by Gasteiger charge is -2.22. The van der Waals surface area contributed by atoms with Gasteiger partial charge in [-0.3, -0.25) is 4.79 Å². The Kier molecular flexibility index (Phi) is 4.94. The Balaban J connectivity index is 1.84. The van der Waals surface area contributed by atoms with Gasteiger partial charge in [-0.1, -0.05) is 45.0 Å². The van der Waals surface area contributed by atoms with Crippen molar-refractivity contribution in [3.63, 3.8) is 0 Å². The van der Waals surface area contributed by atoms with Crippen LogP contribution in [0, 0.1) is 6.92 Å². The van der Waals surface area contributed by atoms with Crippen molar-refractivity contribution in [2.45, 2.75) is 51.4 Å². The molecule has 0 heterocycles. The van der Waals surface area contributed by atoms with Crippen LogP contribution in [-0.2, 0) is 15.6 Å². The number of hydrogen-bond donors (Lipinski definition) is 1. The maximum absolute atomic E-state index is 13.1. The van der Waals surface area contributed by atoms with Gasteiger partial charge in [0.2, 0.25) is 5.91 Å². The summed E-state index contributed by atoms with van der Waals surface area (Å²) in [5, 5.41) is 3.11. The van der Waals surface area contributed by atoms with Crippen LogP contribution in [0.3, 0.4) is 0 Å². The van der Waals surface area contributed by atoms with Crippen LogP contribution in [-0.4, -0.2) is 20.1 Å². The number of anilines is 1. The van der Waals surface area contributed by atoms with E-state index >= 15 is 0 Å². The van der Waals surface area contributed by atoms with Crippen molar-refractivity contribution in [1.29, 1.82) is 0 Å². The van der Waals surface area contributed by atoms with Crippen LogP contribution in [0.4, 0.5) is 5.69 Å². The molecule has 3 rings (SSSR count). The van der Waals surface area contributed by atoms with E-state index in [4.69, 9.17) is 9.47 Å². The van der Waals surface area contributed by atoms with Crippen molar-refractivity contribution in [2.75, 3.05) is 19.5 Å². The predicted molar refractivity (Wildman–Crippen MR) is 109 cm³/mol. The Morgan fingerprint density at radius 2 is 1.56 bits per heavy atom. The molecule has 0 saturated heterocycles. The Labute approximate surface area is 161 Å². The zero-order valence-electron chi connectivity index (χ0n) is 17.1. The number of carbonyl (C=O) groups excluding carboxylic acids is 1. The summed E-state index contributed by atoms with van der Waals surface area (Å²) in [4.78, 5) is 13.1. The van der Waals surface area contributed by atoms with Crippen LogP contribution in [0.2, 0.25) is 0 Å². The number of amides is 1. The first-order chi connectivity index (χ1) is 12.7. The largest absolute Gasteiger partial charge is 0.493 e. The van der Waals surface area contributed by atoms with E-state index in [0.29, 0.717) is 11.5 Å². The SMILES string of the molecule is COc1cc(C)c(NC(=O)C2(c3ccc(C(C)(C)C)cc3)CC2)cc1OC. The van der Waals surface area contributed by atoms with E-state index in [2.05, 4.69) is 50.4 Å². The molecule has 0 aromatic heterocycles. The number of rotatable bonds is 5. The van der Waals surface area contributed by atoms with Crippen molar-refractivity contribution in [3.8, 4) is 11.5 Å². The molecule has 0 radical (unpaired) electrons. The molecule has 1 amide bonds. The fraction of sp³-hybridized carbons (Fsp3) is 0.435. The first kappa shape index (κ1) is 19.3. The third kappa shape index (κ3) is 3.66. The minimum absolute atomic E-state index is 0.0429. The number of nitrogens with one attached hydrogen (secondary N) is 1. The third-order valence-corrected chi connectivity index (χ3v) is 5.47. The summed E-state index contributed by atoms with van der Waals surface area (Å²) < 4.78 is 10.7. The van der Waals surface area contributed by atoms with Gasteiger partial charge < -0.3 is 14.8 Å². The van der Waals surface area contributed by atoms with E-state index < -0.39 is 5.41 Å². The topological polar surface area (TPSA) is 47.6 Å². The third-order valence-electron chi connectivity index (χ3n) is 5.47. The van der Waals surface area contributed by atoms with E-state index in [-0.39, 0.29) is 11.3 Å². The molecular weight excluding hydrogens is 338 g/mol. The van der Waals surface area contributed by atoms with Crippen molar-refractivity contribution >= 4 is 11.6 Å². The van der Waals surface area contributed by atoms with Crippen LogP contribution >= 0.6 is 0 Å². The van der Waals surface area contributed by atoms with Gasteiger partial charge in [0, 0.05) is 11.8 Å². The van der Waals surface area contributed by atoms with Crippen LogP contribution in [0.25, 0.3) is 0 Å². The second kappa shape index (κ2) is 6.91. The average molecular weight is 367 g/mol. The van der Waals surface area contributed by atoms with E-state index in [1.165, 1.54) is 5.56 Å². The summed E-state index contributed by atoms with van der Waals surface area (Å²) in [6.07, 6.45) is 1.75. The molecule has 1 N–H and O–H groups in total. The molecule has 4 nitrogen and oxygen atoms in total. The van der Waals surface area contributed by atoms with Gasteiger partial charge in [0.15, 0.2) is 11.5 Å². The number of aryl methyl sites for hydroxylation is 1. The number of benzene rings is 2. The van der Waals surface area contributed by atoms with Gasteiger partial charge in [-0.15, -0.1) is 0 Å². The number of ether oxygens (including phenoxy) is 2. The molecule has 2 aromatic carbocycles. The van der Waals surface area contributed by atoms with Crippen LogP contribution in [0.15, 0.2) is 36.4 Å². The van der Waals surface area contributed by atoms with Crippen molar-refractivity contribution in [3.05, 3.63) is 53.1 Å². The summed E-state index contributed by atoms with van der Waals surface area (Å²) in [5.74, 6) is 1.31. The molecule has 1 aliphatic carbocycles. The molecule has 1 aliphatic rings. The van der Waals surface area contributed by atoms with Gasteiger partial charge in [0.05, 0.1) is 19.6 Å². The molecule has 0 aliphatic heterocycles. The summed E-state index contributed by atoms with van der Waals surface area (Å²) in [6.45, 7) is 8.54. The van der Waals surface area contributed by atoms with Crippen molar-refractivity contribution in [2.24, 2.45) is 0 Å². The molecular formula is C23H29NO3. The molecule has 144 valence electrons. The first-order valence-corrected chi connectivity index (χ1v) is 9.36. The Bertz CT molecular complexity index is 843. The number of methoxy groups -OCH3 is 2. The minimum Gasteiger partial charge on any atom is -0.493 e. The molecule has 0 spiro atoms. The zero-order valence-corrected chi connectivity index (χ0v) is 17.1. The normalized spacial score (nSPS) is 15.2. The summed E-state index contributed by atoms with van der Waals surface area (Å²) in [7, 11) is 3.20. The molecule has 2 aromatic rings. The minimum atomic E-state index is -0.421. The average Bonchev–Trinajstić information content (AvgIpc) is 3.44. The second-order valence-corrected chi connectivity index (χ2v) is 8.39. The number of hydrogen-bond acceptors (Lipinski definition) is 3. The van der Waals surface area contributed by atoms with Gasteiger partial charge in [-0.05, 0) is 47.9 Å². The standard InChI is InChI=1S/C23H29NO3/c1-15-13-19(26-5)20(27-6)14-18(15)24-21(25)23(11-12-23)17-9-7-16(8-10-17)22(2,3)4/h7-10,13-14H,11-12H2,1-6H3,(H,24,25). The smallest absolute Gasteiger partial charge is 0.235 e. The summed E-state index contributed by atoms with van der Waals surface area (Å²) >= 11 is 0. The molecule has 0 atom stereocenters. The van der Waals surface area contributed by atoms with Crippen molar-refractivity contribution in [1.82, 2.24) is 0 Å². The quantitative estimate of drug-likeness (QED) is 0.811. The van der Waals surface area contributed by atoms with Crippen LogP contribution < -0.4 is 14.8 Å². The Morgan fingerprint density at radius 1 is 1.00 bits per heavy atom. The maximum atomic E-state index is 13.1. The highest BCUT2D eigenvalue weighted by atomic mass is 16.5. The fourth-order valence-electron chi connectivity index (χ4n) is 3.42. The van der Waals surface area contributed by atoms with Gasteiger partial charge in [-0.25, -0.2) is 0 Å². The van der Waals surface area contributed by atoms with Gasteiger partial charge in [-0.2, -0.15) is 0 Å².